The zero-order chi connectivity index (χ0) is 8.39. The van der Waals surface area contributed by atoms with Gasteiger partial charge in [-0.15, -0.1) is 16.4 Å². The molecule has 4 heteroatoms. The van der Waals surface area contributed by atoms with Crippen molar-refractivity contribution in [3.63, 3.8) is 0 Å². The number of nitrogens with zero attached hydrogens (tertiary/aromatic N) is 2. The van der Waals surface area contributed by atoms with Crippen LogP contribution in [-0.2, 0) is 6.42 Å². The second kappa shape index (κ2) is 3.33. The molecule has 0 radical (unpaired) electrons. The van der Waals surface area contributed by atoms with Crippen LogP contribution in [0.5, 0.6) is 0 Å². The number of hydrogen-bond acceptors (Lipinski definition) is 4. The summed E-state index contributed by atoms with van der Waals surface area (Å²) in [4.78, 5) is 2.62. The summed E-state index contributed by atoms with van der Waals surface area (Å²) in [7, 11) is 0. The van der Waals surface area contributed by atoms with E-state index < -0.39 is 0 Å². The molecule has 0 amide bonds. The van der Waals surface area contributed by atoms with E-state index in [1.807, 2.05) is 5.38 Å². The third kappa shape index (κ3) is 1.40. The van der Waals surface area contributed by atoms with Crippen molar-refractivity contribution in [3.05, 3.63) is 22.4 Å². The fraction of sp³-hybridized carbons (Fsp3) is 0.250. The van der Waals surface area contributed by atoms with Crippen LogP contribution in [0.2, 0.25) is 0 Å². The van der Waals surface area contributed by atoms with Crippen molar-refractivity contribution in [2.24, 2.45) is 0 Å². The van der Waals surface area contributed by atoms with Crippen LogP contribution in [-0.4, -0.2) is 9.59 Å². The maximum atomic E-state index is 4.01. The van der Waals surface area contributed by atoms with E-state index in [9.17, 15) is 0 Å². The highest BCUT2D eigenvalue weighted by molar-refractivity contribution is 7.15. The molecular formula is C8H8N2S2. The summed E-state index contributed by atoms with van der Waals surface area (Å²) in [5.74, 6) is 0. The molecular weight excluding hydrogens is 188 g/mol. The molecule has 0 atom stereocenters. The largest absolute Gasteiger partial charge is 0.139 e. The van der Waals surface area contributed by atoms with E-state index in [1.165, 1.54) is 21.3 Å². The molecule has 0 fully saturated rings. The number of rotatable bonds is 2. The van der Waals surface area contributed by atoms with Gasteiger partial charge in [-0.2, -0.15) is 0 Å². The van der Waals surface area contributed by atoms with Crippen molar-refractivity contribution in [2.45, 2.75) is 13.3 Å². The van der Waals surface area contributed by atoms with E-state index in [-0.39, 0.29) is 0 Å². The highest BCUT2D eigenvalue weighted by Gasteiger charge is 2.03. The third-order valence-corrected chi connectivity index (χ3v) is 3.38. The molecule has 2 aromatic heterocycles. The van der Waals surface area contributed by atoms with E-state index >= 15 is 0 Å². The normalized spacial score (nSPS) is 10.4. The Labute approximate surface area is 79.0 Å². The van der Waals surface area contributed by atoms with Gasteiger partial charge in [0.1, 0.15) is 5.69 Å². The minimum absolute atomic E-state index is 1.00. The second-order valence-electron chi connectivity index (χ2n) is 2.41. The number of hydrogen-bond donors (Lipinski definition) is 0. The van der Waals surface area contributed by atoms with Gasteiger partial charge in [0.2, 0.25) is 0 Å². The quantitative estimate of drug-likeness (QED) is 0.738. The molecule has 0 aromatic carbocycles. The van der Waals surface area contributed by atoms with Crippen molar-refractivity contribution in [1.29, 1.82) is 0 Å². The van der Waals surface area contributed by atoms with Gasteiger partial charge < -0.3 is 0 Å². The lowest BCUT2D eigenvalue weighted by atomic mass is 10.3. The fourth-order valence-electron chi connectivity index (χ4n) is 0.978. The number of aromatic nitrogens is 2. The number of thiophene rings is 1. The third-order valence-electron chi connectivity index (χ3n) is 1.62. The molecule has 2 aromatic rings. The molecule has 0 saturated heterocycles. The Morgan fingerprint density at radius 3 is 2.92 bits per heavy atom. The van der Waals surface area contributed by atoms with Crippen LogP contribution in [0.1, 0.15) is 11.8 Å². The van der Waals surface area contributed by atoms with Crippen LogP contribution in [0.3, 0.4) is 0 Å². The summed E-state index contributed by atoms with van der Waals surface area (Å²) >= 11 is 3.19. The summed E-state index contributed by atoms with van der Waals surface area (Å²) in [6.45, 7) is 2.16. The van der Waals surface area contributed by atoms with E-state index in [4.69, 9.17) is 0 Å². The van der Waals surface area contributed by atoms with Crippen LogP contribution >= 0.6 is 22.9 Å². The van der Waals surface area contributed by atoms with E-state index in [0.717, 1.165) is 12.1 Å². The Morgan fingerprint density at radius 2 is 2.33 bits per heavy atom. The van der Waals surface area contributed by atoms with Gasteiger partial charge in [0.05, 0.1) is 4.88 Å². The van der Waals surface area contributed by atoms with Crippen molar-refractivity contribution in [3.8, 4) is 10.6 Å². The number of aryl methyl sites for hydroxylation is 1. The van der Waals surface area contributed by atoms with Crippen molar-refractivity contribution >= 4 is 22.9 Å². The zero-order valence-electron chi connectivity index (χ0n) is 6.65. The summed E-state index contributed by atoms with van der Waals surface area (Å²) < 4.78 is 3.83. The second-order valence-corrected chi connectivity index (χ2v) is 4.19. The van der Waals surface area contributed by atoms with Gasteiger partial charge in [-0.1, -0.05) is 11.4 Å². The molecule has 0 N–H and O–H groups in total. The Bertz CT molecular complexity index is 351. The predicted molar refractivity (Wildman–Crippen MR) is 52.6 cm³/mol. The first-order valence-electron chi connectivity index (χ1n) is 3.76. The highest BCUT2D eigenvalue weighted by atomic mass is 32.1. The van der Waals surface area contributed by atoms with E-state index in [2.05, 4.69) is 28.6 Å². The summed E-state index contributed by atoms with van der Waals surface area (Å²) in [5.41, 5.74) is 1.00. The minimum atomic E-state index is 1.00. The van der Waals surface area contributed by atoms with Crippen LogP contribution in [0, 0.1) is 0 Å². The molecule has 2 nitrogen and oxygen atoms in total. The van der Waals surface area contributed by atoms with Crippen molar-refractivity contribution in [2.75, 3.05) is 0 Å². The first-order valence-corrected chi connectivity index (χ1v) is 5.41. The maximum absolute atomic E-state index is 4.01. The standard InChI is InChI=1S/C8H8N2S2/c1-2-6-3-4-8(12-6)7-5-11-10-9-7/h3-5H,2H2,1H3. The molecule has 2 rings (SSSR count). The first-order chi connectivity index (χ1) is 5.90. The lowest BCUT2D eigenvalue weighted by molar-refractivity contribution is 1.17. The fourth-order valence-corrected chi connectivity index (χ4v) is 2.41. The topological polar surface area (TPSA) is 25.8 Å². The van der Waals surface area contributed by atoms with Crippen LogP contribution in [0.4, 0.5) is 0 Å². The lowest BCUT2D eigenvalue weighted by Crippen LogP contribution is -1.69. The zero-order valence-corrected chi connectivity index (χ0v) is 8.28. The maximum Gasteiger partial charge on any atom is 0.115 e. The van der Waals surface area contributed by atoms with Gasteiger partial charge in [-0.3, -0.25) is 0 Å². The molecule has 0 spiro atoms. The van der Waals surface area contributed by atoms with E-state index in [1.54, 1.807) is 11.3 Å². The molecule has 0 saturated carbocycles. The van der Waals surface area contributed by atoms with Gasteiger partial charge in [-0.05, 0) is 30.1 Å². The molecule has 0 aliphatic carbocycles. The van der Waals surface area contributed by atoms with Crippen molar-refractivity contribution < 1.29 is 0 Å². The van der Waals surface area contributed by atoms with Crippen LogP contribution in [0.15, 0.2) is 17.5 Å². The first kappa shape index (κ1) is 7.89. The molecule has 0 bridgehead atoms. The summed E-state index contributed by atoms with van der Waals surface area (Å²) in [6, 6.07) is 4.26. The minimum Gasteiger partial charge on any atom is -0.139 e. The van der Waals surface area contributed by atoms with Gasteiger partial charge >= 0.3 is 0 Å². The van der Waals surface area contributed by atoms with Gasteiger partial charge in [0.15, 0.2) is 0 Å². The Morgan fingerprint density at radius 1 is 1.42 bits per heavy atom. The monoisotopic (exact) mass is 196 g/mol. The molecule has 12 heavy (non-hydrogen) atoms. The van der Waals surface area contributed by atoms with Gasteiger partial charge in [0, 0.05) is 10.3 Å². The average molecular weight is 196 g/mol. The molecule has 62 valence electrons. The van der Waals surface area contributed by atoms with Crippen LogP contribution in [0.25, 0.3) is 10.6 Å². The van der Waals surface area contributed by atoms with Crippen LogP contribution < -0.4 is 0 Å². The summed E-state index contributed by atoms with van der Waals surface area (Å²) in [5, 5.41) is 5.99. The van der Waals surface area contributed by atoms with E-state index in [0.29, 0.717) is 0 Å². The highest BCUT2D eigenvalue weighted by Crippen LogP contribution is 2.26. The Balaban J connectivity index is 2.35. The average Bonchev–Trinajstić information content (AvgIpc) is 2.75. The van der Waals surface area contributed by atoms with Crippen molar-refractivity contribution in [1.82, 2.24) is 9.59 Å². The lowest BCUT2D eigenvalue weighted by Gasteiger charge is -1.85. The Hall–Kier alpha value is -0.740. The smallest absolute Gasteiger partial charge is 0.115 e. The predicted octanol–water partition coefficient (Wildman–Crippen LogP) is 2.83. The molecule has 0 aliphatic rings. The molecule has 2 heterocycles. The molecule has 0 aliphatic heterocycles. The van der Waals surface area contributed by atoms with Gasteiger partial charge in [0.25, 0.3) is 0 Å². The summed E-state index contributed by atoms with van der Waals surface area (Å²) in [6.07, 6.45) is 1.10. The Kier molecular flexibility index (Phi) is 2.19. The van der Waals surface area contributed by atoms with Gasteiger partial charge in [-0.25, -0.2) is 0 Å². The molecule has 0 unspecified atom stereocenters. The SMILES string of the molecule is CCc1ccc(-c2csnn2)s1.